The van der Waals surface area contributed by atoms with E-state index in [1.165, 1.54) is 0 Å². The zero-order valence-corrected chi connectivity index (χ0v) is 13.1. The van der Waals surface area contributed by atoms with Gasteiger partial charge in [0.15, 0.2) is 9.84 Å². The molecule has 0 saturated heterocycles. The summed E-state index contributed by atoms with van der Waals surface area (Å²) in [5.74, 6) is -1.10. The molecule has 4 nitrogen and oxygen atoms in total. The molecule has 0 aliphatic heterocycles. The quantitative estimate of drug-likeness (QED) is 0.886. The predicted octanol–water partition coefficient (Wildman–Crippen LogP) is 3.38. The van der Waals surface area contributed by atoms with E-state index in [2.05, 4.69) is 0 Å². The average molecular weight is 318 g/mol. The number of rotatable bonds is 6. The fraction of sp³-hybridized carbons (Fsp3) is 0.235. The summed E-state index contributed by atoms with van der Waals surface area (Å²) in [7, 11) is -3.63. The highest BCUT2D eigenvalue weighted by molar-refractivity contribution is 7.92. The second kappa shape index (κ2) is 6.75. The molecule has 0 fully saturated rings. The molecule has 2 aromatic rings. The number of sulfone groups is 1. The fourth-order valence-corrected chi connectivity index (χ4v) is 4.03. The van der Waals surface area contributed by atoms with Gasteiger partial charge in [0, 0.05) is 0 Å². The van der Waals surface area contributed by atoms with E-state index in [-0.39, 0.29) is 17.7 Å². The standard InChI is InChI=1S/C17H18O4S/c1-2-15(12-17(18)19)22(20,21)16-10-8-14(9-11-16)13-6-4-3-5-7-13/h3-11,15H,2,12H2,1H3,(H,18,19). The lowest BCUT2D eigenvalue weighted by Crippen LogP contribution is -2.24. The number of carbonyl (C=O) groups is 1. The molecule has 0 aliphatic rings. The molecule has 0 aromatic heterocycles. The molecule has 0 spiro atoms. The Balaban J connectivity index is 2.31. The van der Waals surface area contributed by atoms with E-state index in [0.717, 1.165) is 11.1 Å². The van der Waals surface area contributed by atoms with Crippen LogP contribution >= 0.6 is 0 Å². The van der Waals surface area contributed by atoms with E-state index in [1.807, 2.05) is 30.3 Å². The van der Waals surface area contributed by atoms with Gasteiger partial charge in [-0.15, -0.1) is 0 Å². The summed E-state index contributed by atoms with van der Waals surface area (Å²) in [6.07, 6.45) is -0.103. The van der Waals surface area contributed by atoms with Crippen LogP contribution in [0.1, 0.15) is 19.8 Å². The van der Waals surface area contributed by atoms with Gasteiger partial charge >= 0.3 is 5.97 Å². The highest BCUT2D eigenvalue weighted by atomic mass is 32.2. The second-order valence-electron chi connectivity index (χ2n) is 5.06. The van der Waals surface area contributed by atoms with Crippen LogP contribution in [0.25, 0.3) is 11.1 Å². The maximum atomic E-state index is 12.5. The number of benzene rings is 2. The number of aliphatic carboxylic acids is 1. The molecule has 0 heterocycles. The lowest BCUT2D eigenvalue weighted by molar-refractivity contribution is -0.137. The van der Waals surface area contributed by atoms with Crippen LogP contribution in [0.15, 0.2) is 59.5 Å². The van der Waals surface area contributed by atoms with E-state index in [9.17, 15) is 13.2 Å². The summed E-state index contributed by atoms with van der Waals surface area (Å²) in [5.41, 5.74) is 1.93. The number of hydrogen-bond donors (Lipinski definition) is 1. The van der Waals surface area contributed by atoms with Gasteiger partial charge in [-0.05, 0) is 29.7 Å². The first-order valence-corrected chi connectivity index (χ1v) is 8.61. The molecule has 5 heteroatoms. The Hall–Kier alpha value is -2.14. The van der Waals surface area contributed by atoms with Crippen LogP contribution < -0.4 is 0 Å². The van der Waals surface area contributed by atoms with Crippen molar-refractivity contribution in [3.05, 3.63) is 54.6 Å². The average Bonchev–Trinajstić information content (AvgIpc) is 2.53. The summed E-state index contributed by atoms with van der Waals surface area (Å²) < 4.78 is 25.0. The SMILES string of the molecule is CCC(CC(=O)O)S(=O)(=O)c1ccc(-c2ccccc2)cc1. The molecular weight excluding hydrogens is 300 g/mol. The van der Waals surface area contributed by atoms with Crippen molar-refractivity contribution < 1.29 is 18.3 Å². The van der Waals surface area contributed by atoms with Crippen LogP contribution in [0.5, 0.6) is 0 Å². The van der Waals surface area contributed by atoms with Crippen molar-refractivity contribution in [1.29, 1.82) is 0 Å². The zero-order valence-electron chi connectivity index (χ0n) is 12.3. The van der Waals surface area contributed by atoms with Crippen LogP contribution in [0.2, 0.25) is 0 Å². The first kappa shape index (κ1) is 16.2. The monoisotopic (exact) mass is 318 g/mol. The van der Waals surface area contributed by atoms with Crippen molar-refractivity contribution in [2.24, 2.45) is 0 Å². The van der Waals surface area contributed by atoms with Crippen molar-refractivity contribution in [1.82, 2.24) is 0 Å². The van der Waals surface area contributed by atoms with Crippen LogP contribution in [0, 0.1) is 0 Å². The summed E-state index contributed by atoms with van der Waals surface area (Å²) in [5, 5.41) is 7.96. The molecule has 0 saturated carbocycles. The third-order valence-corrected chi connectivity index (χ3v) is 5.89. The zero-order chi connectivity index (χ0) is 16.2. The largest absolute Gasteiger partial charge is 0.481 e. The Morgan fingerprint density at radius 1 is 1.00 bits per heavy atom. The first-order chi connectivity index (χ1) is 10.4. The van der Waals surface area contributed by atoms with Crippen molar-refractivity contribution in [2.45, 2.75) is 29.9 Å². The molecule has 22 heavy (non-hydrogen) atoms. The molecule has 0 aliphatic carbocycles. The molecule has 1 N–H and O–H groups in total. The van der Waals surface area contributed by atoms with Gasteiger partial charge < -0.3 is 5.11 Å². The van der Waals surface area contributed by atoms with Crippen molar-refractivity contribution in [3.63, 3.8) is 0 Å². The van der Waals surface area contributed by atoms with Crippen LogP contribution in [-0.4, -0.2) is 24.7 Å². The van der Waals surface area contributed by atoms with Crippen LogP contribution in [-0.2, 0) is 14.6 Å². The van der Waals surface area contributed by atoms with E-state index >= 15 is 0 Å². The Labute approximate surface area is 130 Å². The van der Waals surface area contributed by atoms with Crippen molar-refractivity contribution in [3.8, 4) is 11.1 Å². The number of carboxylic acid groups (broad SMARTS) is 1. The van der Waals surface area contributed by atoms with Gasteiger partial charge in [0.05, 0.1) is 16.6 Å². The lowest BCUT2D eigenvalue weighted by Gasteiger charge is -2.14. The lowest BCUT2D eigenvalue weighted by atomic mass is 10.1. The van der Waals surface area contributed by atoms with Gasteiger partial charge in [-0.3, -0.25) is 4.79 Å². The van der Waals surface area contributed by atoms with E-state index < -0.39 is 21.1 Å². The minimum atomic E-state index is -3.63. The summed E-state index contributed by atoms with van der Waals surface area (Å²) >= 11 is 0. The van der Waals surface area contributed by atoms with Crippen LogP contribution in [0.4, 0.5) is 0 Å². The summed E-state index contributed by atoms with van der Waals surface area (Å²) in [4.78, 5) is 11.0. The normalized spacial score (nSPS) is 12.8. The minimum Gasteiger partial charge on any atom is -0.481 e. The maximum absolute atomic E-state index is 12.5. The molecule has 1 atom stereocenters. The molecular formula is C17H18O4S. The molecule has 2 aromatic carbocycles. The van der Waals surface area contributed by atoms with Gasteiger partial charge in [-0.1, -0.05) is 49.4 Å². The van der Waals surface area contributed by atoms with Gasteiger partial charge in [-0.2, -0.15) is 0 Å². The third-order valence-electron chi connectivity index (χ3n) is 3.59. The fourth-order valence-electron chi connectivity index (χ4n) is 2.33. The van der Waals surface area contributed by atoms with Gasteiger partial charge in [-0.25, -0.2) is 8.42 Å². The van der Waals surface area contributed by atoms with E-state index in [4.69, 9.17) is 5.11 Å². The maximum Gasteiger partial charge on any atom is 0.304 e. The summed E-state index contributed by atoms with van der Waals surface area (Å²) in [6, 6.07) is 16.2. The smallest absolute Gasteiger partial charge is 0.304 e. The molecule has 0 bridgehead atoms. The Morgan fingerprint density at radius 2 is 1.55 bits per heavy atom. The molecule has 2 rings (SSSR count). The van der Waals surface area contributed by atoms with Crippen molar-refractivity contribution in [2.75, 3.05) is 0 Å². The van der Waals surface area contributed by atoms with Gasteiger partial charge in [0.25, 0.3) is 0 Å². The minimum absolute atomic E-state index is 0.167. The number of hydrogen-bond acceptors (Lipinski definition) is 3. The Morgan fingerprint density at radius 3 is 2.05 bits per heavy atom. The molecule has 0 radical (unpaired) electrons. The topological polar surface area (TPSA) is 71.4 Å². The second-order valence-corrected chi connectivity index (χ2v) is 7.29. The van der Waals surface area contributed by atoms with E-state index in [1.54, 1.807) is 31.2 Å². The Bertz CT molecular complexity index is 734. The first-order valence-electron chi connectivity index (χ1n) is 7.06. The molecule has 0 amide bonds. The highest BCUT2D eigenvalue weighted by Crippen LogP contribution is 2.25. The summed E-state index contributed by atoms with van der Waals surface area (Å²) in [6.45, 7) is 1.68. The predicted molar refractivity (Wildman–Crippen MR) is 85.4 cm³/mol. The van der Waals surface area contributed by atoms with E-state index in [0.29, 0.717) is 0 Å². The van der Waals surface area contributed by atoms with Gasteiger partial charge in [0.1, 0.15) is 0 Å². The Kier molecular flexibility index (Phi) is 4.98. The molecule has 116 valence electrons. The van der Waals surface area contributed by atoms with Crippen LogP contribution in [0.3, 0.4) is 0 Å². The highest BCUT2D eigenvalue weighted by Gasteiger charge is 2.28. The molecule has 1 unspecified atom stereocenters. The van der Waals surface area contributed by atoms with Crippen molar-refractivity contribution >= 4 is 15.8 Å². The third kappa shape index (κ3) is 3.54. The van der Waals surface area contributed by atoms with Gasteiger partial charge in [0.2, 0.25) is 0 Å². The number of carboxylic acids is 1.